The van der Waals surface area contributed by atoms with E-state index in [-0.39, 0.29) is 42.4 Å². The quantitative estimate of drug-likeness (QED) is 0.353. The topological polar surface area (TPSA) is 106 Å². The molecule has 2 aromatic carbocycles. The molecule has 0 radical (unpaired) electrons. The number of Topliss-reactive ketones (excluding diaryl/α,β-unsaturated/α-hetero) is 1. The Kier molecular flexibility index (Phi) is 7.15. The maximum atomic E-state index is 14.6. The van der Waals surface area contributed by atoms with Gasteiger partial charge >= 0.3 is 0 Å². The van der Waals surface area contributed by atoms with Crippen LogP contribution < -0.4 is 14.8 Å². The molecule has 2 atom stereocenters. The summed E-state index contributed by atoms with van der Waals surface area (Å²) < 4.78 is 40.0. The van der Waals surface area contributed by atoms with Crippen molar-refractivity contribution in [1.29, 1.82) is 0 Å². The molecule has 37 heavy (non-hydrogen) atoms. The van der Waals surface area contributed by atoms with Crippen molar-refractivity contribution in [3.05, 3.63) is 71.6 Å². The van der Waals surface area contributed by atoms with Crippen LogP contribution in [0, 0.1) is 11.6 Å². The first-order valence-corrected chi connectivity index (χ1v) is 12.0. The molecular formula is C26H26F2N4O5. The third-order valence-electron chi connectivity index (χ3n) is 6.45. The fraction of sp³-hybridized carbons (Fsp3) is 0.346. The Morgan fingerprint density at radius 2 is 1.81 bits per heavy atom. The van der Waals surface area contributed by atoms with E-state index in [0.717, 1.165) is 32.0 Å². The van der Waals surface area contributed by atoms with Gasteiger partial charge in [-0.2, -0.15) is 5.10 Å². The fourth-order valence-corrected chi connectivity index (χ4v) is 4.54. The van der Waals surface area contributed by atoms with E-state index in [1.165, 1.54) is 47.4 Å². The SMILES string of the molecule is O=C(NC(CN1CCCC1)C(O)c1cc(F)c2c(c1)OCCO2)C(=O)c1cnn(-c2ccc(F)cc2)c1. The highest BCUT2D eigenvalue weighted by atomic mass is 19.1. The van der Waals surface area contributed by atoms with Gasteiger partial charge in [-0.3, -0.25) is 9.59 Å². The second-order valence-electron chi connectivity index (χ2n) is 9.04. The number of likely N-dealkylation sites (tertiary alicyclic amines) is 1. The normalized spacial score (nSPS) is 16.8. The molecule has 2 aliphatic rings. The van der Waals surface area contributed by atoms with E-state index >= 15 is 0 Å². The van der Waals surface area contributed by atoms with Crippen LogP contribution >= 0.6 is 0 Å². The number of amides is 1. The van der Waals surface area contributed by atoms with Gasteiger partial charge in [-0.05, 0) is 67.9 Å². The van der Waals surface area contributed by atoms with Crippen molar-refractivity contribution in [2.24, 2.45) is 0 Å². The first-order valence-electron chi connectivity index (χ1n) is 12.0. The van der Waals surface area contributed by atoms with Crippen molar-refractivity contribution >= 4 is 11.7 Å². The lowest BCUT2D eigenvalue weighted by Gasteiger charge is -2.29. The molecule has 3 aromatic rings. The Morgan fingerprint density at radius 1 is 1.08 bits per heavy atom. The number of halogens is 2. The maximum Gasteiger partial charge on any atom is 0.292 e. The molecule has 5 rings (SSSR count). The lowest BCUT2D eigenvalue weighted by molar-refractivity contribution is -0.118. The van der Waals surface area contributed by atoms with Gasteiger partial charge in [-0.15, -0.1) is 0 Å². The molecule has 11 heteroatoms. The van der Waals surface area contributed by atoms with Crippen LogP contribution in [0.4, 0.5) is 8.78 Å². The van der Waals surface area contributed by atoms with Crippen LogP contribution in [0.2, 0.25) is 0 Å². The first kappa shape index (κ1) is 24.8. The average molecular weight is 513 g/mol. The van der Waals surface area contributed by atoms with Gasteiger partial charge in [-0.25, -0.2) is 13.5 Å². The molecule has 0 spiro atoms. The largest absolute Gasteiger partial charge is 0.486 e. The van der Waals surface area contributed by atoms with Gasteiger partial charge < -0.3 is 24.8 Å². The third kappa shape index (κ3) is 5.47. The molecule has 0 bridgehead atoms. The predicted octanol–water partition coefficient (Wildman–Crippen LogP) is 2.42. The van der Waals surface area contributed by atoms with Crippen LogP contribution in [-0.2, 0) is 4.79 Å². The van der Waals surface area contributed by atoms with Gasteiger partial charge in [-0.1, -0.05) is 0 Å². The molecular weight excluding hydrogens is 486 g/mol. The predicted molar refractivity (Wildman–Crippen MR) is 128 cm³/mol. The molecule has 2 unspecified atom stereocenters. The van der Waals surface area contributed by atoms with E-state index in [2.05, 4.69) is 15.3 Å². The Labute approximate surface area is 211 Å². The second-order valence-corrected chi connectivity index (χ2v) is 9.04. The van der Waals surface area contributed by atoms with Crippen molar-refractivity contribution in [1.82, 2.24) is 20.0 Å². The zero-order valence-corrected chi connectivity index (χ0v) is 19.9. The second kappa shape index (κ2) is 10.7. The van der Waals surface area contributed by atoms with E-state index in [4.69, 9.17) is 9.47 Å². The average Bonchev–Trinajstić information content (AvgIpc) is 3.60. The number of fused-ring (bicyclic) bond motifs is 1. The molecule has 2 N–H and O–H groups in total. The number of ether oxygens (including phenoxy) is 2. The number of carbonyl (C=O) groups is 2. The van der Waals surface area contributed by atoms with Crippen molar-refractivity contribution in [3.8, 4) is 17.2 Å². The van der Waals surface area contributed by atoms with Gasteiger partial charge in [0.1, 0.15) is 25.1 Å². The maximum absolute atomic E-state index is 14.6. The van der Waals surface area contributed by atoms with Crippen LogP contribution in [0.25, 0.3) is 5.69 Å². The standard InChI is InChI=1S/C26H26F2N4O5/c27-18-3-5-19(6-4-18)32-14-17(13-29-32)24(34)26(35)30-21(15-31-7-1-2-8-31)23(33)16-11-20(28)25-22(12-16)36-9-10-37-25/h3-6,11-14,21,23,33H,1-2,7-10,15H2,(H,30,35). The lowest BCUT2D eigenvalue weighted by atomic mass is 10.00. The number of ketones is 1. The fourth-order valence-electron chi connectivity index (χ4n) is 4.54. The molecule has 2 aliphatic heterocycles. The molecule has 9 nitrogen and oxygen atoms in total. The monoisotopic (exact) mass is 512 g/mol. The molecule has 0 saturated carbocycles. The van der Waals surface area contributed by atoms with E-state index in [0.29, 0.717) is 5.69 Å². The summed E-state index contributed by atoms with van der Waals surface area (Å²) in [5.74, 6) is -2.71. The highest BCUT2D eigenvalue weighted by Gasteiger charge is 2.31. The summed E-state index contributed by atoms with van der Waals surface area (Å²) >= 11 is 0. The van der Waals surface area contributed by atoms with Gasteiger partial charge in [0.15, 0.2) is 17.3 Å². The van der Waals surface area contributed by atoms with E-state index < -0.39 is 35.5 Å². The molecule has 3 heterocycles. The van der Waals surface area contributed by atoms with Crippen molar-refractivity contribution in [2.45, 2.75) is 25.0 Å². The Bertz CT molecular complexity index is 1290. The van der Waals surface area contributed by atoms with E-state index in [9.17, 15) is 23.5 Å². The summed E-state index contributed by atoms with van der Waals surface area (Å²) in [5, 5.41) is 17.9. The Balaban J connectivity index is 1.34. The number of rotatable bonds is 8. The summed E-state index contributed by atoms with van der Waals surface area (Å²) in [6.07, 6.45) is 3.27. The Hall–Kier alpha value is -3.83. The van der Waals surface area contributed by atoms with Crippen molar-refractivity contribution in [2.75, 3.05) is 32.8 Å². The number of aromatic nitrogens is 2. The van der Waals surface area contributed by atoms with E-state index in [1.54, 1.807) is 0 Å². The third-order valence-corrected chi connectivity index (χ3v) is 6.45. The molecule has 0 aliphatic carbocycles. The van der Waals surface area contributed by atoms with Crippen molar-refractivity contribution in [3.63, 3.8) is 0 Å². The minimum absolute atomic E-state index is 0.0179. The molecule has 1 amide bonds. The summed E-state index contributed by atoms with van der Waals surface area (Å²) in [5.41, 5.74) is 0.744. The van der Waals surface area contributed by atoms with Gasteiger partial charge in [0.25, 0.3) is 11.7 Å². The van der Waals surface area contributed by atoms with Gasteiger partial charge in [0.2, 0.25) is 0 Å². The minimum atomic E-state index is -1.32. The van der Waals surface area contributed by atoms with Gasteiger partial charge in [0, 0.05) is 12.7 Å². The van der Waals surface area contributed by atoms with Crippen LogP contribution in [0.5, 0.6) is 11.5 Å². The summed E-state index contributed by atoms with van der Waals surface area (Å²) in [6.45, 7) is 2.31. The molecule has 1 fully saturated rings. The minimum Gasteiger partial charge on any atom is -0.486 e. The number of carbonyl (C=O) groups excluding carboxylic acids is 2. The Morgan fingerprint density at radius 3 is 2.57 bits per heavy atom. The number of benzene rings is 2. The number of nitrogens with one attached hydrogen (secondary N) is 1. The number of hydrogen-bond donors (Lipinski definition) is 2. The molecule has 1 saturated heterocycles. The first-order chi connectivity index (χ1) is 17.9. The number of nitrogens with zero attached hydrogens (tertiary/aromatic N) is 3. The van der Waals surface area contributed by atoms with Crippen LogP contribution in [0.1, 0.15) is 34.9 Å². The highest BCUT2D eigenvalue weighted by molar-refractivity contribution is 6.42. The van der Waals surface area contributed by atoms with Crippen LogP contribution in [0.3, 0.4) is 0 Å². The van der Waals surface area contributed by atoms with E-state index in [1.807, 2.05) is 0 Å². The summed E-state index contributed by atoms with van der Waals surface area (Å²) in [6, 6.07) is 7.24. The zero-order chi connectivity index (χ0) is 25.9. The van der Waals surface area contributed by atoms with Crippen LogP contribution in [0.15, 0.2) is 48.8 Å². The number of aliphatic hydroxyl groups excluding tert-OH is 1. The summed E-state index contributed by atoms with van der Waals surface area (Å²) in [4.78, 5) is 27.9. The summed E-state index contributed by atoms with van der Waals surface area (Å²) in [7, 11) is 0. The van der Waals surface area contributed by atoms with Gasteiger partial charge in [0.05, 0.1) is 23.5 Å². The lowest BCUT2D eigenvalue weighted by Crippen LogP contribution is -2.48. The number of aliphatic hydroxyl groups is 1. The zero-order valence-electron chi connectivity index (χ0n) is 19.9. The number of hydrogen-bond acceptors (Lipinski definition) is 7. The van der Waals surface area contributed by atoms with Crippen LogP contribution in [-0.4, -0.2) is 70.4 Å². The molecule has 1 aromatic heterocycles. The highest BCUT2D eigenvalue weighted by Crippen LogP contribution is 2.36. The van der Waals surface area contributed by atoms with Crippen molar-refractivity contribution < 1.29 is 33.0 Å². The smallest absolute Gasteiger partial charge is 0.292 e. The molecule has 194 valence electrons.